The lowest BCUT2D eigenvalue weighted by Crippen LogP contribution is -2.35. The maximum absolute atomic E-state index is 12.8. The molecule has 1 N–H and O–H groups in total. The van der Waals surface area contributed by atoms with Crippen LogP contribution in [0.2, 0.25) is 0 Å². The van der Waals surface area contributed by atoms with E-state index in [2.05, 4.69) is 10.1 Å². The summed E-state index contributed by atoms with van der Waals surface area (Å²) in [7, 11) is 0. The maximum Gasteiger partial charge on any atom is 0.435 e. The number of rotatable bonds is 4. The van der Waals surface area contributed by atoms with Crippen LogP contribution in [0.25, 0.3) is 4.96 Å². The summed E-state index contributed by atoms with van der Waals surface area (Å²) in [4.78, 5) is 29.1. The first-order valence-corrected chi connectivity index (χ1v) is 9.06. The number of aromatic nitrogens is 4. The molecule has 3 rings (SSSR count). The minimum atomic E-state index is -4.63. The van der Waals surface area contributed by atoms with Crippen LogP contribution in [0.1, 0.15) is 32.4 Å². The molecule has 14 heteroatoms. The van der Waals surface area contributed by atoms with E-state index in [1.54, 1.807) is 5.32 Å². The van der Waals surface area contributed by atoms with Crippen molar-refractivity contribution >= 4 is 22.2 Å². The standard InChI is InChI=1S/C16H13F6N5O2S/c1-7-3-10(16(20,21)22)25-26(7)5-9-4-11(28)27-12(8(2)30-14(27)24-9)13(29)23-6-15(17,18)19/h3-4H,5-6H2,1-2H3,(H,23,29). The fourth-order valence-corrected chi connectivity index (χ4v) is 3.68. The van der Waals surface area contributed by atoms with Crippen molar-refractivity contribution in [3.8, 4) is 0 Å². The van der Waals surface area contributed by atoms with Crippen LogP contribution in [0.3, 0.4) is 0 Å². The Morgan fingerprint density at radius 1 is 1.17 bits per heavy atom. The second-order valence-corrected chi connectivity index (χ2v) is 7.52. The van der Waals surface area contributed by atoms with Gasteiger partial charge in [-0.3, -0.25) is 14.3 Å². The Morgan fingerprint density at radius 2 is 1.83 bits per heavy atom. The van der Waals surface area contributed by atoms with Crippen LogP contribution in [-0.4, -0.2) is 37.8 Å². The number of fused-ring (bicyclic) bond motifs is 1. The number of hydrogen-bond donors (Lipinski definition) is 1. The van der Waals surface area contributed by atoms with E-state index in [0.29, 0.717) is 0 Å². The lowest BCUT2D eigenvalue weighted by molar-refractivity contribution is -0.141. The average Bonchev–Trinajstić information content (AvgIpc) is 3.12. The number of thiazole rings is 1. The number of alkyl halides is 6. The molecule has 162 valence electrons. The smallest absolute Gasteiger partial charge is 0.342 e. The lowest BCUT2D eigenvalue weighted by Gasteiger charge is -2.09. The molecule has 3 aromatic heterocycles. The van der Waals surface area contributed by atoms with E-state index in [1.807, 2.05) is 0 Å². The van der Waals surface area contributed by atoms with Crippen molar-refractivity contribution in [3.05, 3.63) is 50.1 Å². The van der Waals surface area contributed by atoms with Gasteiger partial charge < -0.3 is 5.32 Å². The van der Waals surface area contributed by atoms with Gasteiger partial charge in [-0.15, -0.1) is 11.3 Å². The predicted octanol–water partition coefficient (Wildman–Crippen LogP) is 2.93. The first-order valence-electron chi connectivity index (χ1n) is 8.25. The number of carbonyl (C=O) groups is 1. The molecule has 0 aliphatic heterocycles. The molecule has 0 saturated heterocycles. The number of hydrogen-bond acceptors (Lipinski definition) is 5. The van der Waals surface area contributed by atoms with Crippen molar-refractivity contribution in [1.29, 1.82) is 0 Å². The van der Waals surface area contributed by atoms with E-state index in [4.69, 9.17) is 0 Å². The molecule has 0 unspecified atom stereocenters. The SMILES string of the molecule is Cc1sc2nc(Cn3nc(C(F)(F)F)cc3C)cc(=O)n2c1C(=O)NCC(F)(F)F. The molecule has 0 radical (unpaired) electrons. The third-order valence-corrected chi connectivity index (χ3v) is 4.95. The molecule has 0 saturated carbocycles. The van der Waals surface area contributed by atoms with Crippen LogP contribution >= 0.6 is 11.3 Å². The largest absolute Gasteiger partial charge is 0.435 e. The van der Waals surface area contributed by atoms with Gasteiger partial charge >= 0.3 is 12.4 Å². The first kappa shape index (κ1) is 21.8. The van der Waals surface area contributed by atoms with Crippen molar-refractivity contribution in [2.45, 2.75) is 32.7 Å². The topological polar surface area (TPSA) is 81.3 Å². The van der Waals surface area contributed by atoms with E-state index >= 15 is 0 Å². The maximum atomic E-state index is 12.8. The van der Waals surface area contributed by atoms with Crippen molar-refractivity contribution in [2.24, 2.45) is 0 Å². The minimum Gasteiger partial charge on any atom is -0.342 e. The number of nitrogens with zero attached hydrogens (tertiary/aromatic N) is 4. The molecule has 0 aromatic carbocycles. The summed E-state index contributed by atoms with van der Waals surface area (Å²) in [5, 5.41) is 5.16. The molecular formula is C16H13F6N5O2S. The average molecular weight is 453 g/mol. The van der Waals surface area contributed by atoms with Crippen LogP contribution in [0.5, 0.6) is 0 Å². The fourth-order valence-electron chi connectivity index (χ4n) is 2.69. The number of amides is 1. The van der Waals surface area contributed by atoms with Gasteiger partial charge in [-0.2, -0.15) is 31.4 Å². The Morgan fingerprint density at radius 3 is 2.40 bits per heavy atom. The van der Waals surface area contributed by atoms with Crippen LogP contribution < -0.4 is 10.9 Å². The monoisotopic (exact) mass is 453 g/mol. The fraction of sp³-hybridized carbons (Fsp3) is 0.375. The summed E-state index contributed by atoms with van der Waals surface area (Å²) in [6, 6.07) is 1.85. The van der Waals surface area contributed by atoms with Crippen molar-refractivity contribution in [3.63, 3.8) is 0 Å². The van der Waals surface area contributed by atoms with Gasteiger partial charge in [0.05, 0.1) is 12.2 Å². The summed E-state index contributed by atoms with van der Waals surface area (Å²) in [5.74, 6) is -1.09. The molecule has 7 nitrogen and oxygen atoms in total. The highest BCUT2D eigenvalue weighted by molar-refractivity contribution is 7.17. The number of carbonyl (C=O) groups excluding carboxylic acids is 1. The zero-order valence-corrected chi connectivity index (χ0v) is 16.2. The highest BCUT2D eigenvalue weighted by Gasteiger charge is 2.34. The van der Waals surface area contributed by atoms with E-state index in [1.165, 1.54) is 13.8 Å². The Bertz CT molecular complexity index is 1170. The number of aryl methyl sites for hydroxylation is 2. The molecule has 0 aliphatic rings. The molecule has 0 aliphatic carbocycles. The van der Waals surface area contributed by atoms with Gasteiger partial charge in [0.15, 0.2) is 10.7 Å². The highest BCUT2D eigenvalue weighted by atomic mass is 32.1. The lowest BCUT2D eigenvalue weighted by atomic mass is 10.3. The van der Waals surface area contributed by atoms with Crippen molar-refractivity contribution < 1.29 is 31.1 Å². The minimum absolute atomic E-state index is 0.0213. The second kappa shape index (κ2) is 7.41. The Labute approximate surface area is 168 Å². The van der Waals surface area contributed by atoms with Gasteiger partial charge in [0.2, 0.25) is 0 Å². The summed E-state index contributed by atoms with van der Waals surface area (Å²) in [6.45, 7) is 1.05. The van der Waals surface area contributed by atoms with Crippen LogP contribution in [-0.2, 0) is 12.7 Å². The normalized spacial score (nSPS) is 12.5. The highest BCUT2D eigenvalue weighted by Crippen LogP contribution is 2.28. The molecule has 0 fully saturated rings. The molecular weight excluding hydrogens is 440 g/mol. The summed E-state index contributed by atoms with van der Waals surface area (Å²) >= 11 is 0.893. The summed E-state index contributed by atoms with van der Waals surface area (Å²) in [5.41, 5.74) is -1.84. The van der Waals surface area contributed by atoms with Crippen LogP contribution in [0, 0.1) is 13.8 Å². The van der Waals surface area contributed by atoms with E-state index < -0.39 is 36.1 Å². The Balaban J connectivity index is 1.95. The van der Waals surface area contributed by atoms with Gasteiger partial charge in [-0.05, 0) is 19.9 Å². The number of halogens is 6. The molecule has 0 atom stereocenters. The predicted molar refractivity (Wildman–Crippen MR) is 93.5 cm³/mol. The van der Waals surface area contributed by atoms with Gasteiger partial charge in [-0.25, -0.2) is 9.38 Å². The first-order chi connectivity index (χ1) is 13.8. The molecule has 3 aromatic rings. The molecule has 30 heavy (non-hydrogen) atoms. The molecule has 3 heterocycles. The quantitative estimate of drug-likeness (QED) is 0.616. The summed E-state index contributed by atoms with van der Waals surface area (Å²) in [6.07, 6.45) is -9.25. The Kier molecular flexibility index (Phi) is 5.39. The second-order valence-electron chi connectivity index (χ2n) is 6.33. The Hall–Kier alpha value is -2.90. The molecule has 1 amide bonds. The third-order valence-electron chi connectivity index (χ3n) is 3.99. The zero-order valence-electron chi connectivity index (χ0n) is 15.4. The van der Waals surface area contributed by atoms with Crippen LogP contribution in [0.15, 0.2) is 16.9 Å². The van der Waals surface area contributed by atoms with Gasteiger partial charge in [-0.1, -0.05) is 0 Å². The van der Waals surface area contributed by atoms with E-state index in [-0.39, 0.29) is 33.5 Å². The number of nitrogens with one attached hydrogen (secondary N) is 1. The van der Waals surface area contributed by atoms with Gasteiger partial charge in [0, 0.05) is 16.6 Å². The van der Waals surface area contributed by atoms with Crippen molar-refractivity contribution in [2.75, 3.05) is 6.54 Å². The molecule has 0 bridgehead atoms. The van der Waals surface area contributed by atoms with Gasteiger partial charge in [0.1, 0.15) is 12.2 Å². The van der Waals surface area contributed by atoms with Crippen LogP contribution in [0.4, 0.5) is 26.3 Å². The van der Waals surface area contributed by atoms with Crippen molar-refractivity contribution in [1.82, 2.24) is 24.5 Å². The van der Waals surface area contributed by atoms with E-state index in [0.717, 1.165) is 32.6 Å². The van der Waals surface area contributed by atoms with E-state index in [9.17, 15) is 35.9 Å². The zero-order chi connectivity index (χ0) is 22.4. The van der Waals surface area contributed by atoms with Gasteiger partial charge in [0.25, 0.3) is 11.5 Å². The third kappa shape index (κ3) is 4.47. The summed E-state index contributed by atoms with van der Waals surface area (Å²) < 4.78 is 77.3. The molecule has 0 spiro atoms.